The molecule has 0 bridgehead atoms. The van der Waals surface area contributed by atoms with E-state index in [1.54, 1.807) is 12.3 Å². The van der Waals surface area contributed by atoms with Gasteiger partial charge in [-0.3, -0.25) is 0 Å². The fourth-order valence-electron chi connectivity index (χ4n) is 0.610. The fourth-order valence-corrected chi connectivity index (χ4v) is 0.610. The van der Waals surface area contributed by atoms with Gasteiger partial charge in [-0.05, 0) is 0 Å². The van der Waals surface area contributed by atoms with Crippen molar-refractivity contribution in [2.45, 2.75) is 0 Å². The maximum absolute atomic E-state index is 4.90. The third-order valence-electron chi connectivity index (χ3n) is 0.978. The summed E-state index contributed by atoms with van der Waals surface area (Å²) in [6.45, 7) is 0. The minimum absolute atomic E-state index is 0.699. The van der Waals surface area contributed by atoms with Gasteiger partial charge < -0.3 is 8.94 Å². The Kier molecular flexibility index (Phi) is 0.521. The fraction of sp³-hybridized carbons (Fsp3) is 0. The largest absolute Gasteiger partial charge is 0.459 e. The first-order chi connectivity index (χ1) is 3.97. The van der Waals surface area contributed by atoms with E-state index in [-0.39, 0.29) is 0 Å². The van der Waals surface area contributed by atoms with E-state index in [4.69, 9.17) is 8.94 Å². The van der Waals surface area contributed by atoms with E-state index in [0.717, 1.165) is 0 Å². The highest BCUT2D eigenvalue weighted by Gasteiger charge is 1.96. The molecular formula is C5H3NO2. The third kappa shape index (κ3) is 0.307. The van der Waals surface area contributed by atoms with Crippen LogP contribution in [0.15, 0.2) is 27.5 Å². The highest BCUT2D eigenvalue weighted by Crippen LogP contribution is 2.11. The van der Waals surface area contributed by atoms with Crippen molar-refractivity contribution < 1.29 is 8.94 Å². The van der Waals surface area contributed by atoms with E-state index in [1.807, 2.05) is 0 Å². The molecule has 40 valence electrons. The minimum Gasteiger partial charge on any atom is -0.459 e. The second-order valence-corrected chi connectivity index (χ2v) is 1.47. The molecule has 2 heterocycles. The van der Waals surface area contributed by atoms with Crippen LogP contribution in [-0.4, -0.2) is 5.16 Å². The zero-order valence-corrected chi connectivity index (χ0v) is 4.00. The molecule has 2 aromatic rings. The van der Waals surface area contributed by atoms with Crippen LogP contribution >= 0.6 is 0 Å². The van der Waals surface area contributed by atoms with Crippen LogP contribution < -0.4 is 0 Å². The lowest BCUT2D eigenvalue weighted by Crippen LogP contribution is -1.44. The topological polar surface area (TPSA) is 39.2 Å². The zero-order valence-electron chi connectivity index (χ0n) is 4.00. The van der Waals surface area contributed by atoms with Crippen molar-refractivity contribution in [2.75, 3.05) is 0 Å². The molecule has 0 saturated heterocycles. The Hall–Kier alpha value is -1.25. The van der Waals surface area contributed by atoms with Gasteiger partial charge >= 0.3 is 0 Å². The average Bonchev–Trinajstić information content (AvgIpc) is 2.15. The molecular weight excluding hydrogens is 106 g/mol. The number of nitrogens with zero attached hydrogens (tertiary/aromatic N) is 1. The summed E-state index contributed by atoms with van der Waals surface area (Å²) in [5.41, 5.74) is 1.40. The molecule has 0 N–H and O–H groups in total. The SMILES string of the molecule is c1cc2oncc2o1. The lowest BCUT2D eigenvalue weighted by molar-refractivity contribution is 0.456. The van der Waals surface area contributed by atoms with Gasteiger partial charge in [-0.15, -0.1) is 0 Å². The molecule has 0 fully saturated rings. The van der Waals surface area contributed by atoms with Crippen molar-refractivity contribution in [3.05, 3.63) is 18.5 Å². The van der Waals surface area contributed by atoms with Gasteiger partial charge in [0, 0.05) is 6.07 Å². The van der Waals surface area contributed by atoms with Crippen molar-refractivity contribution >= 4 is 11.2 Å². The van der Waals surface area contributed by atoms with Gasteiger partial charge in [-0.1, -0.05) is 5.16 Å². The smallest absolute Gasteiger partial charge is 0.205 e. The lowest BCUT2D eigenvalue weighted by atomic mass is 10.5. The molecule has 0 saturated carbocycles. The molecule has 0 unspecified atom stereocenters. The summed E-state index contributed by atoms with van der Waals surface area (Å²) in [7, 11) is 0. The summed E-state index contributed by atoms with van der Waals surface area (Å²) in [6.07, 6.45) is 3.10. The molecule has 8 heavy (non-hydrogen) atoms. The standard InChI is InChI=1S/C5H3NO2/c1-2-7-5-3-6-8-4(1)5/h1-3H. The van der Waals surface area contributed by atoms with Gasteiger partial charge in [-0.2, -0.15) is 0 Å². The van der Waals surface area contributed by atoms with Crippen LogP contribution in [0.3, 0.4) is 0 Å². The Labute approximate surface area is 44.9 Å². The van der Waals surface area contributed by atoms with Gasteiger partial charge in [0.25, 0.3) is 0 Å². The predicted octanol–water partition coefficient (Wildman–Crippen LogP) is 1.42. The molecule has 2 aromatic heterocycles. The first-order valence-electron chi connectivity index (χ1n) is 2.25. The Balaban J connectivity index is 3.06. The molecule has 0 atom stereocenters. The van der Waals surface area contributed by atoms with Crippen molar-refractivity contribution in [2.24, 2.45) is 0 Å². The van der Waals surface area contributed by atoms with Crippen molar-refractivity contribution in [3.63, 3.8) is 0 Å². The highest BCUT2D eigenvalue weighted by atomic mass is 16.5. The first-order valence-corrected chi connectivity index (χ1v) is 2.25. The number of furan rings is 1. The molecule has 2 rings (SSSR count). The molecule has 3 heteroatoms. The maximum atomic E-state index is 4.90. The quantitative estimate of drug-likeness (QED) is 0.513. The van der Waals surface area contributed by atoms with Gasteiger partial charge in [-0.25, -0.2) is 0 Å². The lowest BCUT2D eigenvalue weighted by Gasteiger charge is -1.61. The molecule has 0 aromatic carbocycles. The summed E-state index contributed by atoms with van der Waals surface area (Å²) in [5, 5.41) is 3.49. The summed E-state index contributed by atoms with van der Waals surface area (Å²) >= 11 is 0. The Morgan fingerprint density at radius 1 is 1.38 bits per heavy atom. The second-order valence-electron chi connectivity index (χ2n) is 1.47. The van der Waals surface area contributed by atoms with E-state index >= 15 is 0 Å². The Bertz CT molecular complexity index is 232. The van der Waals surface area contributed by atoms with Gasteiger partial charge in [0.1, 0.15) is 6.20 Å². The summed E-state index contributed by atoms with van der Waals surface area (Å²) in [5.74, 6) is 0. The number of aromatic nitrogens is 1. The maximum Gasteiger partial charge on any atom is 0.205 e. The summed E-state index contributed by atoms with van der Waals surface area (Å²) in [6, 6.07) is 1.72. The van der Waals surface area contributed by atoms with Crippen LogP contribution in [0.4, 0.5) is 0 Å². The van der Waals surface area contributed by atoms with Crippen LogP contribution in [-0.2, 0) is 0 Å². The van der Waals surface area contributed by atoms with Crippen LogP contribution in [0, 0.1) is 0 Å². The molecule has 0 aliphatic heterocycles. The Morgan fingerprint density at radius 2 is 2.38 bits per heavy atom. The number of hydrogen-bond acceptors (Lipinski definition) is 3. The van der Waals surface area contributed by atoms with E-state index in [1.165, 1.54) is 6.20 Å². The predicted molar refractivity (Wildman–Crippen MR) is 26.3 cm³/mol. The molecule has 0 amide bonds. The second kappa shape index (κ2) is 1.12. The minimum atomic E-state index is 0.699. The first kappa shape index (κ1) is 3.72. The summed E-state index contributed by atoms with van der Waals surface area (Å²) in [4.78, 5) is 0. The molecule has 3 nitrogen and oxygen atoms in total. The van der Waals surface area contributed by atoms with E-state index in [0.29, 0.717) is 11.2 Å². The van der Waals surface area contributed by atoms with E-state index < -0.39 is 0 Å². The molecule has 0 radical (unpaired) electrons. The van der Waals surface area contributed by atoms with Gasteiger partial charge in [0.2, 0.25) is 5.58 Å². The third-order valence-corrected chi connectivity index (χ3v) is 0.978. The molecule has 0 aliphatic carbocycles. The van der Waals surface area contributed by atoms with E-state index in [9.17, 15) is 0 Å². The van der Waals surface area contributed by atoms with Crippen molar-refractivity contribution in [1.29, 1.82) is 0 Å². The number of fused-ring (bicyclic) bond motifs is 1. The van der Waals surface area contributed by atoms with Crippen LogP contribution in [0.5, 0.6) is 0 Å². The monoisotopic (exact) mass is 109 g/mol. The van der Waals surface area contributed by atoms with Crippen molar-refractivity contribution in [1.82, 2.24) is 5.16 Å². The zero-order chi connectivity index (χ0) is 5.40. The summed E-state index contributed by atoms with van der Waals surface area (Å²) < 4.78 is 9.62. The highest BCUT2D eigenvalue weighted by molar-refractivity contribution is 5.68. The van der Waals surface area contributed by atoms with Crippen LogP contribution in [0.25, 0.3) is 11.2 Å². The van der Waals surface area contributed by atoms with Crippen LogP contribution in [0.1, 0.15) is 0 Å². The van der Waals surface area contributed by atoms with Crippen molar-refractivity contribution in [3.8, 4) is 0 Å². The van der Waals surface area contributed by atoms with E-state index in [2.05, 4.69) is 5.16 Å². The van der Waals surface area contributed by atoms with Crippen LogP contribution in [0.2, 0.25) is 0 Å². The average molecular weight is 109 g/mol. The van der Waals surface area contributed by atoms with Gasteiger partial charge in [0.05, 0.1) is 6.26 Å². The number of rotatable bonds is 0. The molecule has 0 aliphatic rings. The van der Waals surface area contributed by atoms with Gasteiger partial charge in [0.15, 0.2) is 5.58 Å². The number of hydrogen-bond donors (Lipinski definition) is 0. The normalized spacial score (nSPS) is 10.5. The molecule has 0 spiro atoms. The Morgan fingerprint density at radius 3 is 3.25 bits per heavy atom.